The van der Waals surface area contributed by atoms with Crippen LogP contribution in [0, 0.1) is 0 Å². The van der Waals surface area contributed by atoms with Gasteiger partial charge in [-0.25, -0.2) is 5.43 Å². The number of hydrazone groups is 1. The minimum absolute atomic E-state index is 0.0263. The fourth-order valence-corrected chi connectivity index (χ4v) is 2.38. The number of nitrogens with zero attached hydrogens (tertiary/aromatic N) is 3. The van der Waals surface area contributed by atoms with E-state index in [9.17, 15) is 9.59 Å². The maximum absolute atomic E-state index is 12.3. The number of hydrogen-bond acceptors (Lipinski definition) is 4. The van der Waals surface area contributed by atoms with E-state index in [1.807, 2.05) is 4.90 Å². The van der Waals surface area contributed by atoms with E-state index in [0.717, 1.165) is 26.1 Å². The molecule has 2 amide bonds. The average molecular weight is 252 g/mol. The van der Waals surface area contributed by atoms with E-state index in [0.29, 0.717) is 24.6 Å². The molecule has 6 heteroatoms. The highest BCUT2D eigenvalue weighted by Crippen LogP contribution is 2.12. The number of rotatable bonds is 2. The maximum Gasteiger partial charge on any atom is 0.270 e. The summed E-state index contributed by atoms with van der Waals surface area (Å²) in [6.45, 7) is 4.51. The summed E-state index contributed by atoms with van der Waals surface area (Å²) >= 11 is 0. The quantitative estimate of drug-likeness (QED) is 0.740. The van der Waals surface area contributed by atoms with Crippen LogP contribution in [0.3, 0.4) is 0 Å². The third kappa shape index (κ3) is 2.69. The van der Waals surface area contributed by atoms with Crippen molar-refractivity contribution in [1.29, 1.82) is 0 Å². The van der Waals surface area contributed by atoms with Crippen molar-refractivity contribution in [3.05, 3.63) is 0 Å². The summed E-state index contributed by atoms with van der Waals surface area (Å²) in [5, 5.41) is 3.87. The number of amides is 2. The van der Waals surface area contributed by atoms with Crippen molar-refractivity contribution in [2.24, 2.45) is 5.10 Å². The molecule has 1 fully saturated rings. The first kappa shape index (κ1) is 13.0. The lowest BCUT2D eigenvalue weighted by atomic mass is 10.1. The van der Waals surface area contributed by atoms with E-state index in [4.69, 9.17) is 0 Å². The van der Waals surface area contributed by atoms with E-state index in [-0.39, 0.29) is 11.8 Å². The highest BCUT2D eigenvalue weighted by Gasteiger charge is 2.29. The molecule has 2 rings (SSSR count). The molecule has 0 aromatic rings. The molecule has 0 aliphatic carbocycles. The lowest BCUT2D eigenvalue weighted by Crippen LogP contribution is -2.54. The second kappa shape index (κ2) is 5.48. The molecule has 2 heterocycles. The second-order valence-electron chi connectivity index (χ2n) is 4.89. The summed E-state index contributed by atoms with van der Waals surface area (Å²) in [6.07, 6.45) is 1.84. The van der Waals surface area contributed by atoms with Gasteiger partial charge in [0, 0.05) is 38.5 Å². The average Bonchev–Trinajstić information content (AvgIpc) is 2.39. The molecule has 1 unspecified atom stereocenters. The number of nitrogens with one attached hydrogen (secondary N) is 1. The number of piperazine rings is 1. The third-order valence-corrected chi connectivity index (χ3v) is 3.69. The Labute approximate surface area is 107 Å². The third-order valence-electron chi connectivity index (χ3n) is 3.69. The zero-order valence-electron chi connectivity index (χ0n) is 11.0. The normalized spacial score (nSPS) is 25.7. The summed E-state index contributed by atoms with van der Waals surface area (Å²) < 4.78 is 0. The van der Waals surface area contributed by atoms with Crippen molar-refractivity contribution < 1.29 is 9.59 Å². The van der Waals surface area contributed by atoms with Crippen LogP contribution in [0.4, 0.5) is 0 Å². The van der Waals surface area contributed by atoms with E-state index in [1.165, 1.54) is 0 Å². The molecule has 0 radical (unpaired) electrons. The van der Waals surface area contributed by atoms with Crippen molar-refractivity contribution in [2.45, 2.75) is 32.2 Å². The highest BCUT2D eigenvalue weighted by molar-refractivity contribution is 6.39. The van der Waals surface area contributed by atoms with Gasteiger partial charge in [-0.1, -0.05) is 6.92 Å². The molecular weight excluding hydrogens is 232 g/mol. The van der Waals surface area contributed by atoms with Gasteiger partial charge in [0.2, 0.25) is 5.91 Å². The predicted octanol–water partition coefficient (Wildman–Crippen LogP) is -0.195. The fourth-order valence-electron chi connectivity index (χ4n) is 2.38. The van der Waals surface area contributed by atoms with Crippen molar-refractivity contribution in [1.82, 2.24) is 15.2 Å². The Morgan fingerprint density at radius 3 is 2.83 bits per heavy atom. The standard InChI is InChI=1S/C12H20N4O2/c1-3-9-8-16(7-6-15(9)2)12(18)10-4-5-11(17)14-13-10/h9H,3-8H2,1-2H3,(H,14,17). The van der Waals surface area contributed by atoms with Gasteiger partial charge >= 0.3 is 0 Å². The largest absolute Gasteiger partial charge is 0.335 e. The van der Waals surface area contributed by atoms with Gasteiger partial charge in [0.15, 0.2) is 0 Å². The first-order chi connectivity index (χ1) is 8.61. The second-order valence-corrected chi connectivity index (χ2v) is 4.89. The van der Waals surface area contributed by atoms with Gasteiger partial charge in [0.1, 0.15) is 5.71 Å². The van der Waals surface area contributed by atoms with Gasteiger partial charge in [0.25, 0.3) is 5.91 Å². The fraction of sp³-hybridized carbons (Fsp3) is 0.750. The Hall–Kier alpha value is -1.43. The van der Waals surface area contributed by atoms with Crippen LogP contribution in [0.15, 0.2) is 5.10 Å². The molecule has 1 atom stereocenters. The summed E-state index contributed by atoms with van der Waals surface area (Å²) in [4.78, 5) is 27.4. The predicted molar refractivity (Wildman–Crippen MR) is 68.1 cm³/mol. The minimum Gasteiger partial charge on any atom is -0.335 e. The number of carbonyl (C=O) groups is 2. The van der Waals surface area contributed by atoms with Gasteiger partial charge in [-0.2, -0.15) is 5.10 Å². The smallest absolute Gasteiger partial charge is 0.270 e. The molecule has 2 aliphatic heterocycles. The van der Waals surface area contributed by atoms with E-state index < -0.39 is 0 Å². The van der Waals surface area contributed by atoms with E-state index in [1.54, 1.807) is 0 Å². The van der Waals surface area contributed by atoms with Crippen LogP contribution in [0.1, 0.15) is 26.2 Å². The molecule has 100 valence electrons. The summed E-state index contributed by atoms with van der Waals surface area (Å²) in [5.74, 6) is -0.141. The molecule has 18 heavy (non-hydrogen) atoms. The van der Waals surface area contributed by atoms with Crippen LogP contribution in [0.2, 0.25) is 0 Å². The SMILES string of the molecule is CCC1CN(C(=O)C2=NNC(=O)CC2)CCN1C. The Morgan fingerprint density at radius 1 is 1.44 bits per heavy atom. The lowest BCUT2D eigenvalue weighted by Gasteiger charge is -2.39. The Bertz CT molecular complexity index is 380. The first-order valence-corrected chi connectivity index (χ1v) is 6.46. The van der Waals surface area contributed by atoms with Crippen molar-refractivity contribution in [3.8, 4) is 0 Å². The Balaban J connectivity index is 1.99. The number of carbonyl (C=O) groups excluding carboxylic acids is 2. The van der Waals surface area contributed by atoms with Gasteiger partial charge in [-0.05, 0) is 13.5 Å². The lowest BCUT2D eigenvalue weighted by molar-refractivity contribution is -0.127. The number of hydrogen-bond donors (Lipinski definition) is 1. The molecule has 1 N–H and O–H groups in total. The highest BCUT2D eigenvalue weighted by atomic mass is 16.2. The van der Waals surface area contributed by atoms with Gasteiger partial charge in [-0.3, -0.25) is 14.5 Å². The van der Waals surface area contributed by atoms with Crippen LogP contribution in [0.5, 0.6) is 0 Å². The number of likely N-dealkylation sites (N-methyl/N-ethyl adjacent to an activating group) is 1. The molecule has 0 aromatic heterocycles. The summed E-state index contributed by atoms with van der Waals surface area (Å²) in [7, 11) is 2.09. The van der Waals surface area contributed by atoms with Crippen molar-refractivity contribution in [2.75, 3.05) is 26.7 Å². The molecule has 0 saturated carbocycles. The van der Waals surface area contributed by atoms with Gasteiger partial charge in [-0.15, -0.1) is 0 Å². The maximum atomic E-state index is 12.3. The van der Waals surface area contributed by atoms with E-state index >= 15 is 0 Å². The monoisotopic (exact) mass is 252 g/mol. The van der Waals surface area contributed by atoms with Crippen LogP contribution in [-0.2, 0) is 9.59 Å². The van der Waals surface area contributed by atoms with Gasteiger partial charge < -0.3 is 4.90 Å². The molecule has 1 saturated heterocycles. The molecule has 0 bridgehead atoms. The Kier molecular flexibility index (Phi) is 3.96. The van der Waals surface area contributed by atoms with E-state index in [2.05, 4.69) is 29.4 Å². The molecular formula is C12H20N4O2. The molecule has 0 aromatic carbocycles. The van der Waals surface area contributed by atoms with Crippen LogP contribution < -0.4 is 5.43 Å². The van der Waals surface area contributed by atoms with Crippen LogP contribution in [0.25, 0.3) is 0 Å². The van der Waals surface area contributed by atoms with Crippen LogP contribution >= 0.6 is 0 Å². The molecule has 0 spiro atoms. The molecule has 2 aliphatic rings. The Morgan fingerprint density at radius 2 is 2.22 bits per heavy atom. The minimum atomic E-state index is -0.114. The first-order valence-electron chi connectivity index (χ1n) is 6.46. The van der Waals surface area contributed by atoms with Crippen LogP contribution in [-0.4, -0.2) is 60.0 Å². The zero-order chi connectivity index (χ0) is 13.1. The summed E-state index contributed by atoms with van der Waals surface area (Å²) in [6, 6.07) is 0.418. The van der Waals surface area contributed by atoms with Crippen molar-refractivity contribution >= 4 is 17.5 Å². The summed E-state index contributed by atoms with van der Waals surface area (Å²) in [5.41, 5.74) is 2.86. The van der Waals surface area contributed by atoms with Crippen molar-refractivity contribution in [3.63, 3.8) is 0 Å². The zero-order valence-corrected chi connectivity index (χ0v) is 11.0. The van der Waals surface area contributed by atoms with Gasteiger partial charge in [0.05, 0.1) is 0 Å². The topological polar surface area (TPSA) is 65.0 Å². The molecule has 6 nitrogen and oxygen atoms in total.